The van der Waals surface area contributed by atoms with E-state index in [-0.39, 0.29) is 6.73 Å². The maximum absolute atomic E-state index is 13.9. The highest BCUT2D eigenvalue weighted by Gasteiger charge is 2.54. The van der Waals surface area contributed by atoms with Crippen LogP contribution in [0.3, 0.4) is 0 Å². The second-order valence-corrected chi connectivity index (χ2v) is 17.7. The molecule has 39 heavy (non-hydrogen) atoms. The van der Waals surface area contributed by atoms with Crippen molar-refractivity contribution < 1.29 is 23.0 Å². The van der Waals surface area contributed by atoms with E-state index < -0.39 is 25.7 Å². The molecule has 0 aliphatic rings. The SMILES string of the molecule is CCCCC(CCCCc1cccc2c1nc(C(C)(O)C(F)(F)F)n2COCC[Si](C)(C)C)c1ccccc1. The van der Waals surface area contributed by atoms with Gasteiger partial charge in [0.2, 0.25) is 5.60 Å². The molecule has 0 fully saturated rings. The highest BCUT2D eigenvalue weighted by Crippen LogP contribution is 2.40. The zero-order chi connectivity index (χ0) is 28.7. The Kier molecular flexibility index (Phi) is 10.8. The van der Waals surface area contributed by atoms with Gasteiger partial charge in [-0.25, -0.2) is 4.98 Å². The summed E-state index contributed by atoms with van der Waals surface area (Å²) in [6.07, 6.45) is 2.38. The van der Waals surface area contributed by atoms with Crippen molar-refractivity contribution in [2.45, 2.75) is 109 Å². The van der Waals surface area contributed by atoms with Crippen molar-refractivity contribution >= 4 is 19.1 Å². The van der Waals surface area contributed by atoms with Crippen molar-refractivity contribution in [3.8, 4) is 0 Å². The number of hydrogen-bond donors (Lipinski definition) is 1. The lowest BCUT2D eigenvalue weighted by atomic mass is 9.88. The van der Waals surface area contributed by atoms with Crippen molar-refractivity contribution in [1.29, 1.82) is 0 Å². The first-order chi connectivity index (χ1) is 18.3. The number of fused-ring (bicyclic) bond motifs is 1. The van der Waals surface area contributed by atoms with E-state index in [0.717, 1.165) is 44.2 Å². The van der Waals surface area contributed by atoms with Crippen molar-refractivity contribution in [3.05, 3.63) is 65.5 Å². The third-order valence-corrected chi connectivity index (χ3v) is 9.20. The molecular weight excluding hydrogens is 517 g/mol. The average molecular weight is 563 g/mol. The van der Waals surface area contributed by atoms with E-state index >= 15 is 0 Å². The van der Waals surface area contributed by atoms with Crippen LogP contribution in [0.5, 0.6) is 0 Å². The molecule has 0 radical (unpaired) electrons. The topological polar surface area (TPSA) is 47.3 Å². The van der Waals surface area contributed by atoms with Gasteiger partial charge in [0.15, 0.2) is 5.82 Å². The van der Waals surface area contributed by atoms with Gasteiger partial charge in [0.25, 0.3) is 0 Å². The Bertz CT molecular complexity index is 1170. The summed E-state index contributed by atoms with van der Waals surface area (Å²) in [7, 11) is -1.36. The van der Waals surface area contributed by atoms with Crippen LogP contribution in [0.25, 0.3) is 11.0 Å². The number of nitrogens with zero attached hydrogens (tertiary/aromatic N) is 2. The van der Waals surface area contributed by atoms with Crippen LogP contribution in [0.15, 0.2) is 48.5 Å². The van der Waals surface area contributed by atoms with Crippen LogP contribution in [0.4, 0.5) is 13.2 Å². The molecule has 0 amide bonds. The molecule has 4 nitrogen and oxygen atoms in total. The fourth-order valence-electron chi connectivity index (χ4n) is 4.93. The summed E-state index contributed by atoms with van der Waals surface area (Å²) in [5.41, 5.74) is 0.257. The average Bonchev–Trinajstić information content (AvgIpc) is 3.25. The summed E-state index contributed by atoms with van der Waals surface area (Å²) >= 11 is 0. The lowest BCUT2D eigenvalue weighted by Gasteiger charge is -2.26. The van der Waals surface area contributed by atoms with Crippen molar-refractivity contribution in [2.24, 2.45) is 0 Å². The zero-order valence-corrected chi connectivity index (χ0v) is 25.2. The molecule has 0 spiro atoms. The normalized spacial score (nSPS) is 15.0. The van der Waals surface area contributed by atoms with E-state index in [1.807, 2.05) is 18.2 Å². The van der Waals surface area contributed by atoms with Crippen LogP contribution >= 0.6 is 0 Å². The summed E-state index contributed by atoms with van der Waals surface area (Å²) < 4.78 is 48.9. The molecule has 3 aromatic rings. The van der Waals surface area contributed by atoms with Gasteiger partial charge in [-0.05, 0) is 61.8 Å². The molecule has 3 rings (SSSR count). The Morgan fingerprint density at radius 2 is 1.67 bits per heavy atom. The minimum atomic E-state index is -4.87. The maximum Gasteiger partial charge on any atom is 0.424 e. The molecular formula is C31H45F3N2O2Si. The summed E-state index contributed by atoms with van der Waals surface area (Å²) in [6, 6.07) is 17.1. The Balaban J connectivity index is 1.79. The number of halogens is 3. The number of benzene rings is 2. The summed E-state index contributed by atoms with van der Waals surface area (Å²) in [4.78, 5) is 4.40. The number of aryl methyl sites for hydroxylation is 1. The highest BCUT2D eigenvalue weighted by molar-refractivity contribution is 6.76. The molecule has 0 saturated carbocycles. The fraction of sp³-hybridized carbons (Fsp3) is 0.581. The monoisotopic (exact) mass is 562 g/mol. The molecule has 216 valence electrons. The highest BCUT2D eigenvalue weighted by atomic mass is 28.3. The second-order valence-electron chi connectivity index (χ2n) is 12.1. The maximum atomic E-state index is 13.9. The first-order valence-corrected chi connectivity index (χ1v) is 18.0. The summed E-state index contributed by atoms with van der Waals surface area (Å²) in [5.74, 6) is 0.0945. The van der Waals surface area contributed by atoms with Gasteiger partial charge in [-0.3, -0.25) is 0 Å². The van der Waals surface area contributed by atoms with Gasteiger partial charge < -0.3 is 14.4 Å². The van der Waals surface area contributed by atoms with E-state index in [0.29, 0.717) is 30.0 Å². The number of aromatic nitrogens is 2. The molecule has 1 heterocycles. The van der Waals surface area contributed by atoms with Crippen LogP contribution in [-0.2, 0) is 23.5 Å². The molecule has 2 aromatic carbocycles. The minimum Gasteiger partial charge on any atom is -0.374 e. The Morgan fingerprint density at radius 3 is 2.31 bits per heavy atom. The number of aliphatic hydroxyl groups is 1. The van der Waals surface area contributed by atoms with E-state index in [1.54, 1.807) is 6.07 Å². The standard InChI is InChI=1S/C31H45F3N2O2Si/c1-6-7-14-24(25-15-9-8-10-16-25)17-11-12-18-26-19-13-20-27-28(26)35-29(30(2,37)31(32,33)34)36(27)23-38-21-22-39(3,4)5/h8-10,13,15-16,19-20,24,37H,6-7,11-12,14,17-18,21-23H2,1-5H3. The largest absolute Gasteiger partial charge is 0.424 e. The number of unbranched alkanes of at least 4 members (excludes halogenated alkanes) is 2. The van der Waals surface area contributed by atoms with Crippen LogP contribution in [0.2, 0.25) is 25.7 Å². The third-order valence-electron chi connectivity index (χ3n) is 7.49. The Morgan fingerprint density at radius 1 is 0.974 bits per heavy atom. The van der Waals surface area contributed by atoms with Crippen LogP contribution in [-0.4, -0.2) is 35.5 Å². The molecule has 0 bridgehead atoms. The molecule has 2 atom stereocenters. The molecule has 8 heteroatoms. The number of alkyl halides is 3. The number of rotatable bonds is 15. The van der Waals surface area contributed by atoms with E-state index in [2.05, 4.69) is 55.8 Å². The third kappa shape index (κ3) is 8.41. The van der Waals surface area contributed by atoms with E-state index in [9.17, 15) is 18.3 Å². The minimum absolute atomic E-state index is 0.0812. The zero-order valence-electron chi connectivity index (χ0n) is 24.2. The van der Waals surface area contributed by atoms with Gasteiger partial charge in [-0.15, -0.1) is 0 Å². The van der Waals surface area contributed by atoms with Gasteiger partial charge in [0.05, 0.1) is 11.0 Å². The van der Waals surface area contributed by atoms with E-state index in [4.69, 9.17) is 4.74 Å². The van der Waals surface area contributed by atoms with Crippen molar-refractivity contribution in [1.82, 2.24) is 9.55 Å². The molecule has 1 N–H and O–H groups in total. The molecule has 0 saturated heterocycles. The van der Waals surface area contributed by atoms with Crippen LogP contribution < -0.4 is 0 Å². The van der Waals surface area contributed by atoms with E-state index in [1.165, 1.54) is 23.0 Å². The summed E-state index contributed by atoms with van der Waals surface area (Å²) in [6.45, 7) is 10.0. The molecule has 2 unspecified atom stereocenters. The molecule has 1 aromatic heterocycles. The lowest BCUT2D eigenvalue weighted by molar-refractivity contribution is -0.263. The number of hydrogen-bond acceptors (Lipinski definition) is 3. The predicted octanol–water partition coefficient (Wildman–Crippen LogP) is 8.81. The molecule has 0 aliphatic carbocycles. The number of imidazole rings is 1. The van der Waals surface area contributed by atoms with Gasteiger partial charge in [0, 0.05) is 14.7 Å². The Hall–Kier alpha value is -2.16. The van der Waals surface area contributed by atoms with Gasteiger partial charge in [-0.1, -0.05) is 88.3 Å². The van der Waals surface area contributed by atoms with Crippen LogP contribution in [0, 0.1) is 0 Å². The fourth-order valence-corrected chi connectivity index (χ4v) is 5.69. The number of para-hydroxylation sites is 1. The van der Waals surface area contributed by atoms with Gasteiger partial charge in [-0.2, -0.15) is 13.2 Å². The Labute approximate surface area is 232 Å². The first kappa shape index (κ1) is 31.4. The number of ether oxygens (including phenoxy) is 1. The molecule has 0 aliphatic heterocycles. The van der Waals surface area contributed by atoms with Crippen molar-refractivity contribution in [2.75, 3.05) is 6.61 Å². The quantitative estimate of drug-likeness (QED) is 0.149. The predicted molar refractivity (Wildman–Crippen MR) is 156 cm³/mol. The lowest BCUT2D eigenvalue weighted by Crippen LogP contribution is -2.41. The smallest absolute Gasteiger partial charge is 0.374 e. The van der Waals surface area contributed by atoms with Crippen LogP contribution in [0.1, 0.15) is 75.2 Å². The van der Waals surface area contributed by atoms with Gasteiger partial charge >= 0.3 is 6.18 Å². The second kappa shape index (κ2) is 13.5. The summed E-state index contributed by atoms with van der Waals surface area (Å²) in [5, 5.41) is 10.6. The first-order valence-electron chi connectivity index (χ1n) is 14.3. The van der Waals surface area contributed by atoms with Gasteiger partial charge in [0.1, 0.15) is 6.73 Å². The van der Waals surface area contributed by atoms with Crippen molar-refractivity contribution in [3.63, 3.8) is 0 Å².